The van der Waals surface area contributed by atoms with Crippen LogP contribution >= 0.6 is 0 Å². The Balaban J connectivity index is 0.00000229. The fourth-order valence-electron chi connectivity index (χ4n) is 15.9. The summed E-state index contributed by atoms with van der Waals surface area (Å²) in [5.74, 6) is 2.97. The molecule has 4 atom stereocenters. The fourth-order valence-corrected chi connectivity index (χ4v) is 15.9. The highest BCUT2D eigenvalue weighted by Crippen LogP contribution is 2.57. The molecule has 9 aromatic carbocycles. The molecule has 1 nitrogen and oxygen atoms in total. The molecule has 4 bridgehead atoms. The minimum atomic E-state index is 0.126. The first-order valence-corrected chi connectivity index (χ1v) is 27.9. The van der Waals surface area contributed by atoms with Crippen LogP contribution < -0.4 is 21.3 Å². The van der Waals surface area contributed by atoms with Crippen molar-refractivity contribution in [3.63, 3.8) is 0 Å². The molecule has 16 rings (SSSR count). The highest BCUT2D eigenvalue weighted by Gasteiger charge is 2.48. The topological polar surface area (TPSA) is 3.24 Å². The zero-order valence-electron chi connectivity index (χ0n) is 42.2. The summed E-state index contributed by atoms with van der Waals surface area (Å²) < 4.78 is 0. The zero-order valence-corrected chi connectivity index (χ0v) is 42.2. The first-order chi connectivity index (χ1) is 35.6. The molecule has 7 aliphatic rings. The van der Waals surface area contributed by atoms with E-state index in [0.717, 1.165) is 11.8 Å². The molecule has 9 aromatic rings. The molecule has 350 valence electrons. The molecule has 2 saturated carbocycles. The summed E-state index contributed by atoms with van der Waals surface area (Å²) >= 11 is 0. The summed E-state index contributed by atoms with van der Waals surface area (Å²) in [6.45, 7) is 6.59. The van der Waals surface area contributed by atoms with Crippen LogP contribution in [0.3, 0.4) is 0 Å². The van der Waals surface area contributed by atoms with Gasteiger partial charge < -0.3 is 4.90 Å². The number of anilines is 3. The summed E-state index contributed by atoms with van der Waals surface area (Å²) in [4.78, 5) is 2.77. The van der Waals surface area contributed by atoms with E-state index < -0.39 is 0 Å². The predicted octanol–water partition coefficient (Wildman–Crippen LogP) is 17.6. The highest BCUT2D eigenvalue weighted by atomic mass is 15.2. The van der Waals surface area contributed by atoms with E-state index in [4.69, 9.17) is 0 Å². The van der Waals surface area contributed by atoms with Crippen molar-refractivity contribution < 1.29 is 0 Å². The van der Waals surface area contributed by atoms with Crippen LogP contribution in [0.5, 0.6) is 0 Å². The van der Waals surface area contributed by atoms with Gasteiger partial charge in [0.25, 0.3) is 0 Å². The Labute approximate surface area is 426 Å². The Morgan fingerprint density at radius 3 is 1.65 bits per heavy atom. The van der Waals surface area contributed by atoms with Crippen molar-refractivity contribution in [2.45, 2.75) is 103 Å². The summed E-state index contributed by atoms with van der Waals surface area (Å²) in [6, 6.07) is 61.7. The smallest absolute Gasteiger partial charge is 0.249 e. The molecule has 4 unspecified atom stereocenters. The van der Waals surface area contributed by atoms with Crippen molar-refractivity contribution in [3.05, 3.63) is 186 Å². The lowest BCUT2D eigenvalue weighted by molar-refractivity contribution is 0.468. The Morgan fingerprint density at radius 1 is 0.458 bits per heavy atom. The molecule has 2 heteroatoms. The van der Waals surface area contributed by atoms with Gasteiger partial charge in [-0.05, 0) is 224 Å². The zero-order chi connectivity index (χ0) is 47.8. The van der Waals surface area contributed by atoms with Crippen LogP contribution in [0.25, 0.3) is 82.8 Å². The van der Waals surface area contributed by atoms with Gasteiger partial charge in [0.2, 0.25) is 6.71 Å². The number of hydrogen-bond donors (Lipinski definition) is 0. The van der Waals surface area contributed by atoms with Crippen LogP contribution in [0.2, 0.25) is 0 Å². The van der Waals surface area contributed by atoms with Gasteiger partial charge in [-0.15, -0.1) is 0 Å². The third kappa shape index (κ3) is 6.14. The first kappa shape index (κ1) is 42.8. The van der Waals surface area contributed by atoms with E-state index >= 15 is 0 Å². The number of hydrogen-bond acceptors (Lipinski definition) is 1. The molecule has 2 fully saturated rings. The number of allylic oxidation sites excluding steroid dienone is 2. The van der Waals surface area contributed by atoms with Crippen LogP contribution in [-0.4, -0.2) is 6.71 Å². The lowest BCUT2D eigenvalue weighted by atomic mass is 9.29. The van der Waals surface area contributed by atoms with Crippen LogP contribution in [0, 0.1) is 11.8 Å². The van der Waals surface area contributed by atoms with E-state index in [1.807, 2.05) is 13.8 Å². The minimum Gasteiger partial charge on any atom is -0.310 e. The Bertz CT molecular complexity index is 3670. The van der Waals surface area contributed by atoms with Gasteiger partial charge in [-0.3, -0.25) is 0 Å². The predicted molar refractivity (Wildman–Crippen MR) is 309 cm³/mol. The molecule has 0 spiro atoms. The molecular weight excluding hydrogens is 866 g/mol. The molecule has 0 aromatic heterocycles. The normalized spacial score (nSPS) is 20.4. The molecular formula is C70H62BN. The van der Waals surface area contributed by atoms with Gasteiger partial charge in [0.15, 0.2) is 0 Å². The largest absolute Gasteiger partial charge is 0.310 e. The number of rotatable bonds is 4. The maximum Gasteiger partial charge on any atom is 0.249 e. The van der Waals surface area contributed by atoms with Crippen molar-refractivity contribution in [3.8, 4) is 55.6 Å². The number of fused-ring (bicyclic) bond motifs is 12. The average molecular weight is 928 g/mol. The van der Waals surface area contributed by atoms with Crippen molar-refractivity contribution >= 4 is 67.3 Å². The van der Waals surface area contributed by atoms with Gasteiger partial charge in [0.05, 0.1) is 5.69 Å². The lowest BCUT2D eigenvalue weighted by Crippen LogP contribution is -2.61. The fraction of sp³-hybridized carbons (Fsp3) is 0.257. The minimum absolute atomic E-state index is 0.126. The summed E-state index contributed by atoms with van der Waals surface area (Å²) in [6.07, 6.45) is 17.0. The third-order valence-corrected chi connectivity index (χ3v) is 18.8. The van der Waals surface area contributed by atoms with E-state index in [-0.39, 0.29) is 6.71 Å². The Morgan fingerprint density at radius 2 is 1.01 bits per heavy atom. The second-order valence-corrected chi connectivity index (χ2v) is 22.4. The monoisotopic (exact) mass is 927 g/mol. The maximum atomic E-state index is 2.77. The van der Waals surface area contributed by atoms with Gasteiger partial charge in [-0.1, -0.05) is 165 Å². The van der Waals surface area contributed by atoms with Gasteiger partial charge in [-0.2, -0.15) is 0 Å². The van der Waals surface area contributed by atoms with Crippen LogP contribution in [0.4, 0.5) is 17.1 Å². The molecule has 72 heavy (non-hydrogen) atoms. The van der Waals surface area contributed by atoms with Crippen LogP contribution in [0.1, 0.15) is 119 Å². The molecule has 3 heterocycles. The molecule has 0 saturated heterocycles. The summed E-state index contributed by atoms with van der Waals surface area (Å²) in [5, 5.41) is 5.84. The maximum absolute atomic E-state index is 2.77. The van der Waals surface area contributed by atoms with Gasteiger partial charge in [0, 0.05) is 22.5 Å². The molecule has 3 aliphatic heterocycles. The molecule has 0 radical (unpaired) electrons. The molecule has 0 N–H and O–H groups in total. The highest BCUT2D eigenvalue weighted by molar-refractivity contribution is 7.03. The van der Waals surface area contributed by atoms with Gasteiger partial charge >= 0.3 is 0 Å². The lowest BCUT2D eigenvalue weighted by Gasteiger charge is -2.45. The van der Waals surface area contributed by atoms with Crippen molar-refractivity contribution in [1.29, 1.82) is 0 Å². The summed E-state index contributed by atoms with van der Waals surface area (Å²) in [5.41, 5.74) is 30.0. The Hall–Kier alpha value is -6.90. The SMILES string of the molecule is CC.CC1=CCCC2CCC(C2)c2cc3ccc4c5c3c(c21)-c1cccc2c1B5c1c(ccc3cc5c(c-2c13)CCCC1CCC5C1)N4c1c(-c2ccccc2)cc(-c2ccccc2)cc1-c1ccccc1. The third-order valence-electron chi connectivity index (χ3n) is 18.8. The van der Waals surface area contributed by atoms with E-state index in [1.54, 1.807) is 33.3 Å². The van der Waals surface area contributed by atoms with E-state index in [1.165, 1.54) is 176 Å². The molecule has 0 amide bonds. The van der Waals surface area contributed by atoms with E-state index in [9.17, 15) is 0 Å². The average Bonchev–Trinajstić information content (AvgIpc) is 4.15. The van der Waals surface area contributed by atoms with E-state index in [2.05, 4.69) is 176 Å². The molecule has 4 aliphatic carbocycles. The van der Waals surface area contributed by atoms with Gasteiger partial charge in [-0.25, -0.2) is 0 Å². The standard InChI is InChI=1S/C68H56BN.C2H6/c1-40-14-11-15-41-27-29-47(35-41)55-37-49-31-33-59-67-62(49)64(60(40)55)53-25-13-24-52-63-51-23-12-16-42-26-28-46(34-42)54(51)36-48-30-32-58(66(61(48)63)69(67)65(52)53)70(59)68-56(44-19-7-3-8-20-44)38-50(43-17-5-2-6-18-43)39-57(68)45-21-9-4-10-22-45;1-2/h2-10,13-14,17-22,24-25,30-33,36-39,41-42,46-47H,11-12,15-16,23,26-29,34-35H2,1H3;1-2H3. The second-order valence-electron chi connectivity index (χ2n) is 22.4. The van der Waals surface area contributed by atoms with Crippen molar-refractivity contribution in [1.82, 2.24) is 0 Å². The summed E-state index contributed by atoms with van der Waals surface area (Å²) in [7, 11) is 0. The number of nitrogens with zero attached hydrogens (tertiary/aromatic N) is 1. The van der Waals surface area contributed by atoms with E-state index in [0.29, 0.717) is 11.8 Å². The Kier molecular flexibility index (Phi) is 9.84. The van der Waals surface area contributed by atoms with Crippen LogP contribution in [-0.2, 0) is 6.42 Å². The van der Waals surface area contributed by atoms with Crippen molar-refractivity contribution in [2.24, 2.45) is 11.8 Å². The van der Waals surface area contributed by atoms with Crippen LogP contribution in [0.15, 0.2) is 164 Å². The van der Waals surface area contributed by atoms with Crippen molar-refractivity contribution in [2.75, 3.05) is 4.90 Å². The first-order valence-electron chi connectivity index (χ1n) is 27.9. The quantitative estimate of drug-likeness (QED) is 0.159. The van der Waals surface area contributed by atoms with Gasteiger partial charge in [0.1, 0.15) is 0 Å². The second kappa shape index (κ2) is 16.6. The number of benzene rings is 9.